The van der Waals surface area contributed by atoms with Crippen LogP contribution in [0.3, 0.4) is 0 Å². The minimum atomic E-state index is -0.855. The zero-order chi connectivity index (χ0) is 13.7. The second-order valence-electron chi connectivity index (χ2n) is 4.24. The number of nitriles is 1. The number of nitrogens with zero attached hydrogens (tertiary/aromatic N) is 2. The first-order valence-electron chi connectivity index (χ1n) is 6.06. The predicted octanol–water partition coefficient (Wildman–Crippen LogP) is 3.46. The number of pyridine rings is 1. The van der Waals surface area contributed by atoms with Gasteiger partial charge in [0.05, 0.1) is 6.07 Å². The molecule has 0 bridgehead atoms. The first-order chi connectivity index (χ1) is 9.20. The monoisotopic (exact) mass is 255 g/mol. The first kappa shape index (κ1) is 13.0. The van der Waals surface area contributed by atoms with Gasteiger partial charge in [0.15, 0.2) is 5.54 Å². The molecule has 3 nitrogen and oxygen atoms in total. The molecule has 0 aliphatic carbocycles. The molecule has 0 saturated carbocycles. The smallest absolute Gasteiger partial charge is 0.152 e. The van der Waals surface area contributed by atoms with E-state index in [2.05, 4.69) is 16.4 Å². The molecule has 0 amide bonds. The van der Waals surface area contributed by atoms with Crippen molar-refractivity contribution in [3.63, 3.8) is 0 Å². The Morgan fingerprint density at radius 3 is 2.58 bits per heavy atom. The highest BCUT2D eigenvalue weighted by Gasteiger charge is 2.30. The Balaban J connectivity index is 2.36. The second kappa shape index (κ2) is 5.49. The molecular weight excluding hydrogens is 241 g/mol. The van der Waals surface area contributed by atoms with Gasteiger partial charge in [-0.25, -0.2) is 4.39 Å². The highest BCUT2D eigenvalue weighted by atomic mass is 19.1. The third-order valence-corrected chi connectivity index (χ3v) is 3.08. The third-order valence-electron chi connectivity index (χ3n) is 3.08. The summed E-state index contributed by atoms with van der Waals surface area (Å²) in [6, 6.07) is 11.9. The summed E-state index contributed by atoms with van der Waals surface area (Å²) in [5.74, 6) is -0.300. The van der Waals surface area contributed by atoms with E-state index in [1.165, 1.54) is 12.1 Å². The number of hydrogen-bond donors (Lipinski definition) is 1. The van der Waals surface area contributed by atoms with Crippen LogP contribution in [-0.4, -0.2) is 4.98 Å². The Morgan fingerprint density at radius 1 is 1.32 bits per heavy atom. The maximum Gasteiger partial charge on any atom is 0.152 e. The van der Waals surface area contributed by atoms with Gasteiger partial charge in [0, 0.05) is 23.6 Å². The molecule has 1 N–H and O–H groups in total. The lowest BCUT2D eigenvalue weighted by atomic mass is 9.89. The van der Waals surface area contributed by atoms with Crippen LogP contribution < -0.4 is 5.32 Å². The summed E-state index contributed by atoms with van der Waals surface area (Å²) in [6.07, 6.45) is 3.91. The fourth-order valence-corrected chi connectivity index (χ4v) is 1.93. The second-order valence-corrected chi connectivity index (χ2v) is 4.24. The van der Waals surface area contributed by atoms with Gasteiger partial charge < -0.3 is 5.32 Å². The van der Waals surface area contributed by atoms with Crippen LogP contribution in [0.15, 0.2) is 48.8 Å². The van der Waals surface area contributed by atoms with Crippen molar-refractivity contribution in [2.24, 2.45) is 0 Å². The van der Waals surface area contributed by atoms with Crippen LogP contribution in [0.2, 0.25) is 0 Å². The van der Waals surface area contributed by atoms with Gasteiger partial charge >= 0.3 is 0 Å². The van der Waals surface area contributed by atoms with Crippen molar-refractivity contribution in [3.05, 3.63) is 60.2 Å². The van der Waals surface area contributed by atoms with Crippen molar-refractivity contribution >= 4 is 5.69 Å². The molecule has 19 heavy (non-hydrogen) atoms. The Kier molecular flexibility index (Phi) is 3.76. The molecule has 4 heteroatoms. The highest BCUT2D eigenvalue weighted by molar-refractivity contribution is 5.50. The fourth-order valence-electron chi connectivity index (χ4n) is 1.93. The molecule has 0 aliphatic rings. The number of benzene rings is 1. The van der Waals surface area contributed by atoms with E-state index in [0.29, 0.717) is 12.1 Å². The molecule has 0 saturated heterocycles. The van der Waals surface area contributed by atoms with E-state index in [1.54, 1.807) is 30.6 Å². The van der Waals surface area contributed by atoms with Crippen LogP contribution in [-0.2, 0) is 5.54 Å². The average Bonchev–Trinajstić information content (AvgIpc) is 2.48. The summed E-state index contributed by atoms with van der Waals surface area (Å²) in [7, 11) is 0. The molecule has 0 radical (unpaired) electrons. The molecule has 0 spiro atoms. The van der Waals surface area contributed by atoms with E-state index in [-0.39, 0.29) is 5.82 Å². The van der Waals surface area contributed by atoms with Crippen molar-refractivity contribution in [2.45, 2.75) is 18.9 Å². The molecule has 0 aliphatic heterocycles. The zero-order valence-corrected chi connectivity index (χ0v) is 10.6. The minimum absolute atomic E-state index is 0.300. The molecule has 1 heterocycles. The Morgan fingerprint density at radius 2 is 2.05 bits per heavy atom. The van der Waals surface area contributed by atoms with Crippen molar-refractivity contribution in [3.8, 4) is 6.07 Å². The van der Waals surface area contributed by atoms with E-state index in [1.807, 2.05) is 13.0 Å². The summed E-state index contributed by atoms with van der Waals surface area (Å²) >= 11 is 0. The average molecular weight is 255 g/mol. The van der Waals surface area contributed by atoms with Crippen LogP contribution >= 0.6 is 0 Å². The largest absolute Gasteiger partial charge is 0.364 e. The van der Waals surface area contributed by atoms with Gasteiger partial charge in [-0.05, 0) is 36.8 Å². The van der Waals surface area contributed by atoms with Crippen LogP contribution in [0.5, 0.6) is 0 Å². The van der Waals surface area contributed by atoms with Crippen molar-refractivity contribution in [1.29, 1.82) is 5.26 Å². The molecule has 2 rings (SSSR count). The number of hydrogen-bond acceptors (Lipinski definition) is 3. The number of anilines is 1. The van der Waals surface area contributed by atoms with Gasteiger partial charge in [-0.3, -0.25) is 4.98 Å². The van der Waals surface area contributed by atoms with Crippen molar-refractivity contribution < 1.29 is 4.39 Å². The van der Waals surface area contributed by atoms with E-state index in [0.717, 1.165) is 5.56 Å². The van der Waals surface area contributed by atoms with Gasteiger partial charge in [-0.15, -0.1) is 0 Å². The van der Waals surface area contributed by atoms with Gasteiger partial charge in [0.2, 0.25) is 0 Å². The SMILES string of the molecule is CCC(C#N)(Nc1ccc(F)cc1)c1cccnc1. The fraction of sp³-hybridized carbons (Fsp3) is 0.200. The zero-order valence-electron chi connectivity index (χ0n) is 10.6. The quantitative estimate of drug-likeness (QED) is 0.910. The number of nitrogens with one attached hydrogen (secondary N) is 1. The molecule has 1 unspecified atom stereocenters. The molecule has 1 aromatic heterocycles. The van der Waals surface area contributed by atoms with Crippen LogP contribution in [0, 0.1) is 17.1 Å². The van der Waals surface area contributed by atoms with Gasteiger partial charge in [0.1, 0.15) is 5.82 Å². The van der Waals surface area contributed by atoms with Gasteiger partial charge in [-0.1, -0.05) is 13.0 Å². The first-order valence-corrected chi connectivity index (χ1v) is 6.06. The molecule has 1 aromatic carbocycles. The van der Waals surface area contributed by atoms with Crippen LogP contribution in [0.25, 0.3) is 0 Å². The van der Waals surface area contributed by atoms with Crippen LogP contribution in [0.4, 0.5) is 10.1 Å². The Labute approximate surface area is 111 Å². The highest BCUT2D eigenvalue weighted by Crippen LogP contribution is 2.28. The summed E-state index contributed by atoms with van der Waals surface area (Å²) < 4.78 is 12.9. The molecule has 1 atom stereocenters. The maximum absolute atomic E-state index is 12.9. The number of halogens is 1. The third kappa shape index (κ3) is 2.71. The summed E-state index contributed by atoms with van der Waals surface area (Å²) in [4.78, 5) is 4.05. The van der Waals surface area contributed by atoms with E-state index >= 15 is 0 Å². The van der Waals surface area contributed by atoms with Crippen molar-refractivity contribution in [1.82, 2.24) is 4.98 Å². The summed E-state index contributed by atoms with van der Waals surface area (Å²) in [5.41, 5.74) is 0.643. The lowest BCUT2D eigenvalue weighted by Crippen LogP contribution is -2.33. The van der Waals surface area contributed by atoms with Gasteiger partial charge in [0.25, 0.3) is 0 Å². The molecule has 2 aromatic rings. The minimum Gasteiger partial charge on any atom is -0.364 e. The maximum atomic E-state index is 12.9. The lowest BCUT2D eigenvalue weighted by molar-refractivity contribution is 0.600. The van der Waals surface area contributed by atoms with Gasteiger partial charge in [-0.2, -0.15) is 5.26 Å². The van der Waals surface area contributed by atoms with Crippen LogP contribution in [0.1, 0.15) is 18.9 Å². The molecule has 96 valence electrons. The normalized spacial score (nSPS) is 13.3. The topological polar surface area (TPSA) is 48.7 Å². The van der Waals surface area contributed by atoms with Crippen molar-refractivity contribution in [2.75, 3.05) is 5.32 Å². The Hall–Kier alpha value is -2.41. The van der Waals surface area contributed by atoms with E-state index in [9.17, 15) is 9.65 Å². The predicted molar refractivity (Wildman–Crippen MR) is 71.8 cm³/mol. The number of aromatic nitrogens is 1. The number of rotatable bonds is 4. The summed E-state index contributed by atoms with van der Waals surface area (Å²) in [6.45, 7) is 1.92. The molecule has 0 fully saturated rings. The lowest BCUT2D eigenvalue weighted by Gasteiger charge is -2.27. The Bertz CT molecular complexity index is 575. The molecular formula is C15H14FN3. The van der Waals surface area contributed by atoms with E-state index < -0.39 is 5.54 Å². The summed E-state index contributed by atoms with van der Waals surface area (Å²) in [5, 5.41) is 12.7. The standard InChI is InChI=1S/C15H14FN3/c1-2-15(11-17,12-4-3-9-18-10-12)19-14-7-5-13(16)6-8-14/h3-10,19H,2H2,1H3. The van der Waals surface area contributed by atoms with E-state index in [4.69, 9.17) is 0 Å².